The molecule has 0 aliphatic carbocycles. The number of hydrogen-bond donors (Lipinski definition) is 1. The van der Waals surface area contributed by atoms with Gasteiger partial charge in [0.1, 0.15) is 15.8 Å². The molecule has 6 nitrogen and oxygen atoms in total. The summed E-state index contributed by atoms with van der Waals surface area (Å²) in [5.41, 5.74) is 4.67. The fourth-order valence-corrected chi connectivity index (χ4v) is 5.72. The zero-order valence-electron chi connectivity index (χ0n) is 20.5. The molecule has 0 unspecified atom stereocenters. The largest absolute Gasteiger partial charge is 0.489 e. The number of likely N-dealkylation sites (tertiary alicyclic amines) is 1. The van der Waals surface area contributed by atoms with Gasteiger partial charge in [-0.25, -0.2) is 0 Å². The number of ether oxygens (including phenoxy) is 1. The first-order chi connectivity index (χ1) is 16.9. The van der Waals surface area contributed by atoms with E-state index in [1.807, 2.05) is 32.0 Å². The molecule has 1 fully saturated rings. The lowest BCUT2D eigenvalue weighted by atomic mass is 9.95. The summed E-state index contributed by atoms with van der Waals surface area (Å²) in [6, 6.07) is 12.2. The van der Waals surface area contributed by atoms with Gasteiger partial charge in [0.15, 0.2) is 0 Å². The van der Waals surface area contributed by atoms with Crippen LogP contribution in [0.2, 0.25) is 5.02 Å². The molecule has 3 aromatic rings. The Labute approximate surface area is 215 Å². The number of piperidine rings is 1. The van der Waals surface area contributed by atoms with E-state index in [2.05, 4.69) is 40.2 Å². The van der Waals surface area contributed by atoms with E-state index in [0.29, 0.717) is 10.8 Å². The summed E-state index contributed by atoms with van der Waals surface area (Å²) in [4.78, 5) is 13.6. The highest BCUT2D eigenvalue weighted by molar-refractivity contribution is 7.17. The molecule has 0 radical (unpaired) electrons. The quantitative estimate of drug-likeness (QED) is 0.366. The van der Waals surface area contributed by atoms with E-state index < -0.39 is 5.97 Å². The average Bonchev–Trinajstić information content (AvgIpc) is 3.34. The summed E-state index contributed by atoms with van der Waals surface area (Å²) < 4.78 is 5.74. The molecule has 1 aliphatic heterocycles. The molecule has 2 heterocycles. The first kappa shape index (κ1) is 25.6. The van der Waals surface area contributed by atoms with Crippen LogP contribution in [0.15, 0.2) is 36.4 Å². The van der Waals surface area contributed by atoms with Gasteiger partial charge in [0.2, 0.25) is 0 Å². The fraction of sp³-hybridized carbons (Fsp3) is 0.444. The topological polar surface area (TPSA) is 75.6 Å². The van der Waals surface area contributed by atoms with Crippen LogP contribution in [0.3, 0.4) is 0 Å². The molecular weight excluding hydrogens is 482 g/mol. The van der Waals surface area contributed by atoms with Gasteiger partial charge in [-0.2, -0.15) is 0 Å². The number of hydrogen-bond acceptors (Lipinski definition) is 6. The van der Waals surface area contributed by atoms with Crippen molar-refractivity contribution in [2.24, 2.45) is 5.92 Å². The Morgan fingerprint density at radius 3 is 2.60 bits per heavy atom. The molecule has 1 N–H and O–H groups in total. The fourth-order valence-electron chi connectivity index (χ4n) is 4.60. The Morgan fingerprint density at radius 1 is 1.20 bits per heavy atom. The van der Waals surface area contributed by atoms with Gasteiger partial charge in [-0.3, -0.25) is 4.79 Å². The van der Waals surface area contributed by atoms with Gasteiger partial charge in [0.05, 0.1) is 17.0 Å². The van der Waals surface area contributed by atoms with Crippen molar-refractivity contribution in [1.29, 1.82) is 0 Å². The molecule has 0 saturated carbocycles. The number of benzene rings is 2. The average molecular weight is 514 g/mol. The summed E-state index contributed by atoms with van der Waals surface area (Å²) in [6.45, 7) is 8.76. The van der Waals surface area contributed by atoms with Gasteiger partial charge >= 0.3 is 5.97 Å². The van der Waals surface area contributed by atoms with Gasteiger partial charge in [-0.15, -0.1) is 10.2 Å². The Bertz CT molecular complexity index is 1170. The predicted molar refractivity (Wildman–Crippen MR) is 141 cm³/mol. The van der Waals surface area contributed by atoms with Crippen molar-refractivity contribution in [1.82, 2.24) is 15.1 Å². The number of halogens is 1. The van der Waals surface area contributed by atoms with E-state index in [1.165, 1.54) is 11.1 Å². The van der Waals surface area contributed by atoms with Crippen LogP contribution < -0.4 is 4.74 Å². The first-order valence-electron chi connectivity index (χ1n) is 12.2. The van der Waals surface area contributed by atoms with Crippen LogP contribution in [-0.4, -0.2) is 51.9 Å². The third-order valence-corrected chi connectivity index (χ3v) is 7.76. The minimum atomic E-state index is -0.663. The molecule has 1 aromatic heterocycles. The molecule has 0 spiro atoms. The lowest BCUT2D eigenvalue weighted by molar-refractivity contribution is -0.143. The molecule has 0 amide bonds. The third kappa shape index (κ3) is 6.21. The second kappa shape index (κ2) is 11.5. The highest BCUT2D eigenvalue weighted by atomic mass is 35.5. The second-order valence-corrected chi connectivity index (χ2v) is 10.6. The van der Waals surface area contributed by atoms with Crippen molar-refractivity contribution >= 4 is 28.9 Å². The van der Waals surface area contributed by atoms with Crippen molar-refractivity contribution in [2.45, 2.75) is 52.6 Å². The van der Waals surface area contributed by atoms with Gasteiger partial charge in [-0.1, -0.05) is 48.1 Å². The third-order valence-electron chi connectivity index (χ3n) is 6.46. The van der Waals surface area contributed by atoms with Crippen LogP contribution in [0.4, 0.5) is 0 Å². The van der Waals surface area contributed by atoms with Gasteiger partial charge in [0, 0.05) is 17.7 Å². The van der Waals surface area contributed by atoms with Crippen LogP contribution in [0.1, 0.15) is 44.7 Å². The maximum atomic E-state index is 11.2. The second-order valence-electron chi connectivity index (χ2n) is 9.23. The molecule has 8 heteroatoms. The van der Waals surface area contributed by atoms with Crippen LogP contribution >= 0.6 is 22.9 Å². The SMILES string of the molecule is CCc1c(CCN2CCC(C(=O)O)CC2)cccc1-c1nnc(-c2ccc(OC(C)C)c(Cl)c2)s1. The Balaban J connectivity index is 1.49. The molecule has 1 saturated heterocycles. The molecule has 4 rings (SSSR count). The zero-order chi connectivity index (χ0) is 24.9. The molecule has 1 aliphatic rings. The number of carbonyl (C=O) groups is 1. The minimum Gasteiger partial charge on any atom is -0.489 e. The Kier molecular flexibility index (Phi) is 8.42. The number of carboxylic acid groups (broad SMARTS) is 1. The van der Waals surface area contributed by atoms with Crippen LogP contribution in [0.5, 0.6) is 5.75 Å². The number of rotatable bonds is 9. The molecular formula is C27H32ClN3O3S. The van der Waals surface area contributed by atoms with Gasteiger partial charge in [-0.05, 0) is 81.9 Å². The molecule has 186 valence electrons. The van der Waals surface area contributed by atoms with Crippen LogP contribution in [0, 0.1) is 5.92 Å². The Hall–Kier alpha value is -2.48. The summed E-state index contributed by atoms with van der Waals surface area (Å²) in [5, 5.41) is 20.5. The molecule has 35 heavy (non-hydrogen) atoms. The summed E-state index contributed by atoms with van der Waals surface area (Å²) in [5.74, 6) is -0.186. The van der Waals surface area contributed by atoms with E-state index >= 15 is 0 Å². The van der Waals surface area contributed by atoms with Gasteiger partial charge in [0.25, 0.3) is 0 Å². The summed E-state index contributed by atoms with van der Waals surface area (Å²) >= 11 is 8.00. The standard InChI is InChI=1S/C27H32ClN3O3S/c1-4-21-18(10-13-31-14-11-19(12-15-31)27(32)33)6-5-7-22(21)26-30-29-25(35-26)20-8-9-24(23(28)16-20)34-17(2)3/h5-9,16-17,19H,4,10-15H2,1-3H3,(H,32,33). The summed E-state index contributed by atoms with van der Waals surface area (Å²) in [7, 11) is 0. The van der Waals surface area contributed by atoms with Crippen LogP contribution in [-0.2, 0) is 17.6 Å². The number of nitrogens with zero attached hydrogens (tertiary/aromatic N) is 3. The van der Waals surface area contributed by atoms with E-state index in [0.717, 1.165) is 66.5 Å². The van der Waals surface area contributed by atoms with Crippen molar-refractivity contribution < 1.29 is 14.6 Å². The van der Waals surface area contributed by atoms with E-state index in [9.17, 15) is 9.90 Å². The maximum absolute atomic E-state index is 11.2. The molecule has 0 atom stereocenters. The maximum Gasteiger partial charge on any atom is 0.306 e. The van der Waals surface area contributed by atoms with Crippen molar-refractivity contribution in [3.63, 3.8) is 0 Å². The van der Waals surface area contributed by atoms with Crippen molar-refractivity contribution in [3.05, 3.63) is 52.5 Å². The number of aromatic nitrogens is 2. The smallest absolute Gasteiger partial charge is 0.306 e. The van der Waals surface area contributed by atoms with E-state index in [4.69, 9.17) is 16.3 Å². The van der Waals surface area contributed by atoms with Gasteiger partial charge < -0.3 is 14.7 Å². The number of carboxylic acids is 1. The lowest BCUT2D eigenvalue weighted by Crippen LogP contribution is -2.37. The van der Waals surface area contributed by atoms with E-state index in [1.54, 1.807) is 11.3 Å². The molecule has 0 bridgehead atoms. The summed E-state index contributed by atoms with van der Waals surface area (Å²) in [6.07, 6.45) is 3.38. The predicted octanol–water partition coefficient (Wildman–Crippen LogP) is 6.21. The first-order valence-corrected chi connectivity index (χ1v) is 13.4. The zero-order valence-corrected chi connectivity index (χ0v) is 22.0. The Morgan fingerprint density at radius 2 is 1.94 bits per heavy atom. The minimum absolute atomic E-state index is 0.0581. The highest BCUT2D eigenvalue weighted by Gasteiger charge is 2.24. The highest BCUT2D eigenvalue weighted by Crippen LogP contribution is 2.36. The number of aliphatic carboxylic acids is 1. The monoisotopic (exact) mass is 513 g/mol. The molecule has 2 aromatic carbocycles. The lowest BCUT2D eigenvalue weighted by Gasteiger charge is -2.30. The van der Waals surface area contributed by atoms with E-state index in [-0.39, 0.29) is 12.0 Å². The van der Waals surface area contributed by atoms with Crippen molar-refractivity contribution in [2.75, 3.05) is 19.6 Å². The van der Waals surface area contributed by atoms with Crippen LogP contribution in [0.25, 0.3) is 21.1 Å². The van der Waals surface area contributed by atoms with Crippen molar-refractivity contribution in [3.8, 4) is 26.9 Å². The normalized spacial score (nSPS) is 15.0.